The molecule has 1 heterocycles. The lowest BCUT2D eigenvalue weighted by Gasteiger charge is -1.98. The Morgan fingerprint density at radius 1 is 1.43 bits per heavy atom. The minimum atomic E-state index is 0.206. The van der Waals surface area contributed by atoms with E-state index in [-0.39, 0.29) is 12.0 Å². The highest BCUT2D eigenvalue weighted by Crippen LogP contribution is 2.64. The van der Waals surface area contributed by atoms with E-state index < -0.39 is 0 Å². The van der Waals surface area contributed by atoms with Crippen molar-refractivity contribution in [2.24, 2.45) is 11.3 Å². The van der Waals surface area contributed by atoms with Gasteiger partial charge in [-0.2, -0.15) is 0 Å². The van der Waals surface area contributed by atoms with E-state index in [1.807, 2.05) is 6.07 Å². The summed E-state index contributed by atoms with van der Waals surface area (Å²) >= 11 is 0. The molecule has 1 saturated carbocycles. The van der Waals surface area contributed by atoms with Gasteiger partial charge in [0.25, 0.3) is 0 Å². The Morgan fingerprint density at radius 3 is 2.57 bits per heavy atom. The molecule has 2 atom stereocenters. The molecule has 0 radical (unpaired) electrons. The van der Waals surface area contributed by atoms with Crippen LogP contribution >= 0.6 is 0 Å². The maximum Gasteiger partial charge on any atom is 0.108 e. The van der Waals surface area contributed by atoms with Crippen molar-refractivity contribution in [2.45, 2.75) is 33.1 Å². The minimum absolute atomic E-state index is 0.206. The lowest BCUT2D eigenvalue weighted by molar-refractivity contribution is 0.256. The Kier molecular flexibility index (Phi) is 2.18. The van der Waals surface area contributed by atoms with Gasteiger partial charge in [-0.3, -0.25) is 0 Å². The van der Waals surface area contributed by atoms with E-state index in [0.29, 0.717) is 11.8 Å². The molecule has 2 rings (SSSR count). The molecule has 1 aliphatic carbocycles. The summed E-state index contributed by atoms with van der Waals surface area (Å²) in [7, 11) is 0. The summed E-state index contributed by atoms with van der Waals surface area (Å²) in [5.74, 6) is 2.87. The van der Waals surface area contributed by atoms with E-state index in [2.05, 4.69) is 26.8 Å². The predicted octanol–water partition coefficient (Wildman–Crippen LogP) is 2.57. The molecule has 14 heavy (non-hydrogen) atoms. The molecule has 0 bridgehead atoms. The molecule has 0 aliphatic heterocycles. The van der Waals surface area contributed by atoms with Gasteiger partial charge in [-0.15, -0.1) is 0 Å². The molecule has 0 aromatic carbocycles. The Bertz CT molecular complexity index is 325. The first kappa shape index (κ1) is 9.78. The predicted molar refractivity (Wildman–Crippen MR) is 55.2 cm³/mol. The third-order valence-corrected chi connectivity index (χ3v) is 3.58. The summed E-state index contributed by atoms with van der Waals surface area (Å²) in [6.45, 7) is 6.73. The van der Waals surface area contributed by atoms with Crippen molar-refractivity contribution < 1.29 is 9.52 Å². The van der Waals surface area contributed by atoms with Crippen molar-refractivity contribution in [1.82, 2.24) is 0 Å². The summed E-state index contributed by atoms with van der Waals surface area (Å²) in [4.78, 5) is 0. The molecular weight excluding hydrogens is 176 g/mol. The zero-order valence-electron chi connectivity index (χ0n) is 9.08. The van der Waals surface area contributed by atoms with Crippen molar-refractivity contribution in [3.05, 3.63) is 23.7 Å². The number of furan rings is 1. The molecule has 1 aromatic rings. The number of aliphatic hydroxyl groups excluding tert-OH is 1. The molecule has 0 amide bonds. The van der Waals surface area contributed by atoms with Gasteiger partial charge in [0.2, 0.25) is 0 Å². The normalized spacial score (nSPS) is 29.1. The molecule has 1 N–H and O–H groups in total. The van der Waals surface area contributed by atoms with Gasteiger partial charge in [-0.1, -0.05) is 20.8 Å². The van der Waals surface area contributed by atoms with Crippen LogP contribution in [0, 0.1) is 11.3 Å². The topological polar surface area (TPSA) is 33.4 Å². The summed E-state index contributed by atoms with van der Waals surface area (Å²) in [5.41, 5.74) is 0.206. The number of hydrogen-bond donors (Lipinski definition) is 1. The maximum atomic E-state index is 9.20. The first-order valence-electron chi connectivity index (χ1n) is 5.30. The second kappa shape index (κ2) is 3.13. The Hall–Kier alpha value is -0.760. The van der Waals surface area contributed by atoms with Crippen LogP contribution in [0.4, 0.5) is 0 Å². The molecule has 2 heteroatoms. The zero-order chi connectivity index (χ0) is 10.3. The van der Waals surface area contributed by atoms with Gasteiger partial charge in [0, 0.05) is 18.9 Å². The number of aryl methyl sites for hydroxylation is 1. The van der Waals surface area contributed by atoms with E-state index in [0.717, 1.165) is 17.9 Å². The Labute approximate surface area is 84.9 Å². The first-order chi connectivity index (χ1) is 6.61. The van der Waals surface area contributed by atoms with Crippen LogP contribution < -0.4 is 0 Å². The number of aliphatic hydroxyl groups is 1. The molecule has 1 aromatic heterocycles. The fraction of sp³-hybridized carbons (Fsp3) is 0.667. The molecular formula is C12H18O2. The van der Waals surface area contributed by atoms with Crippen LogP contribution in [0.15, 0.2) is 16.5 Å². The summed E-state index contributed by atoms with van der Waals surface area (Å²) in [6, 6.07) is 4.10. The van der Waals surface area contributed by atoms with E-state index in [9.17, 15) is 5.11 Å². The lowest BCUT2D eigenvalue weighted by atomic mass is 10.1. The highest BCUT2D eigenvalue weighted by molar-refractivity contribution is 5.25. The third-order valence-electron chi connectivity index (χ3n) is 3.58. The van der Waals surface area contributed by atoms with Crippen molar-refractivity contribution in [3.63, 3.8) is 0 Å². The van der Waals surface area contributed by atoms with E-state index in [1.165, 1.54) is 0 Å². The summed E-state index contributed by atoms with van der Waals surface area (Å²) in [5, 5.41) is 9.20. The van der Waals surface area contributed by atoms with Crippen LogP contribution in [-0.4, -0.2) is 11.7 Å². The summed E-state index contributed by atoms with van der Waals surface area (Å²) < 4.78 is 5.71. The van der Waals surface area contributed by atoms with Crippen LogP contribution in [0.25, 0.3) is 0 Å². The Balaban J connectivity index is 2.18. The zero-order valence-corrected chi connectivity index (χ0v) is 9.08. The third kappa shape index (κ3) is 1.29. The second-order valence-electron chi connectivity index (χ2n) is 4.75. The smallest absolute Gasteiger partial charge is 0.108 e. The van der Waals surface area contributed by atoms with Crippen molar-refractivity contribution in [1.29, 1.82) is 0 Å². The van der Waals surface area contributed by atoms with Crippen molar-refractivity contribution in [2.75, 3.05) is 6.61 Å². The SMILES string of the molecule is CCc1ccc(C2C(CO)C2(C)C)o1. The van der Waals surface area contributed by atoms with Crippen LogP contribution in [-0.2, 0) is 6.42 Å². The standard InChI is InChI=1S/C12H18O2/c1-4-8-5-6-10(14-8)11-9(7-13)12(11,2)3/h5-6,9,11,13H,4,7H2,1-3H3. The lowest BCUT2D eigenvalue weighted by Crippen LogP contribution is -1.93. The number of rotatable bonds is 3. The average Bonchev–Trinajstić information content (AvgIpc) is 2.55. The molecule has 2 unspecified atom stereocenters. The highest BCUT2D eigenvalue weighted by atomic mass is 16.3. The van der Waals surface area contributed by atoms with Gasteiger partial charge >= 0.3 is 0 Å². The average molecular weight is 194 g/mol. The monoisotopic (exact) mass is 194 g/mol. The minimum Gasteiger partial charge on any atom is -0.466 e. The molecule has 0 spiro atoms. The molecule has 1 fully saturated rings. The van der Waals surface area contributed by atoms with Gasteiger partial charge in [-0.25, -0.2) is 0 Å². The van der Waals surface area contributed by atoms with E-state index in [1.54, 1.807) is 0 Å². The molecule has 0 saturated heterocycles. The quantitative estimate of drug-likeness (QED) is 0.802. The molecule has 2 nitrogen and oxygen atoms in total. The second-order valence-corrected chi connectivity index (χ2v) is 4.75. The van der Waals surface area contributed by atoms with Gasteiger partial charge in [-0.05, 0) is 23.5 Å². The van der Waals surface area contributed by atoms with Gasteiger partial charge in [0.15, 0.2) is 0 Å². The number of hydrogen-bond acceptors (Lipinski definition) is 2. The van der Waals surface area contributed by atoms with Gasteiger partial charge in [0.05, 0.1) is 0 Å². The summed E-state index contributed by atoms with van der Waals surface area (Å²) in [6.07, 6.45) is 0.941. The van der Waals surface area contributed by atoms with Crippen molar-refractivity contribution in [3.8, 4) is 0 Å². The van der Waals surface area contributed by atoms with Crippen LogP contribution in [0.5, 0.6) is 0 Å². The highest BCUT2D eigenvalue weighted by Gasteiger charge is 2.59. The maximum absolute atomic E-state index is 9.20. The first-order valence-corrected chi connectivity index (χ1v) is 5.30. The van der Waals surface area contributed by atoms with Gasteiger partial charge in [0.1, 0.15) is 11.5 Å². The van der Waals surface area contributed by atoms with Crippen molar-refractivity contribution >= 4 is 0 Å². The van der Waals surface area contributed by atoms with Crippen LogP contribution in [0.2, 0.25) is 0 Å². The van der Waals surface area contributed by atoms with E-state index >= 15 is 0 Å². The largest absolute Gasteiger partial charge is 0.466 e. The van der Waals surface area contributed by atoms with Crippen LogP contribution in [0.1, 0.15) is 38.2 Å². The molecule has 78 valence electrons. The van der Waals surface area contributed by atoms with Gasteiger partial charge < -0.3 is 9.52 Å². The fourth-order valence-corrected chi connectivity index (χ4v) is 2.40. The van der Waals surface area contributed by atoms with Crippen LogP contribution in [0.3, 0.4) is 0 Å². The molecule has 1 aliphatic rings. The van der Waals surface area contributed by atoms with E-state index in [4.69, 9.17) is 4.42 Å². The fourth-order valence-electron chi connectivity index (χ4n) is 2.40. The Morgan fingerprint density at radius 2 is 2.14 bits per heavy atom.